The number of amides is 3. The minimum Gasteiger partial charge on any atom is -0.619 e. The van der Waals surface area contributed by atoms with Crippen LogP contribution in [0.15, 0.2) is 66.2 Å². The van der Waals surface area contributed by atoms with Crippen molar-refractivity contribution in [3.8, 4) is 11.4 Å². The van der Waals surface area contributed by atoms with Crippen molar-refractivity contribution in [3.63, 3.8) is 0 Å². The molecule has 1 aliphatic rings. The van der Waals surface area contributed by atoms with Gasteiger partial charge in [-0.3, -0.25) is 14.4 Å². The first-order chi connectivity index (χ1) is 21.7. The summed E-state index contributed by atoms with van der Waals surface area (Å²) < 4.78 is 29.9. The number of rotatable bonds is 8. The predicted molar refractivity (Wildman–Crippen MR) is 169 cm³/mol. The van der Waals surface area contributed by atoms with Crippen LogP contribution in [0.5, 0.6) is 0 Å². The average molecular weight is 669 g/mol. The van der Waals surface area contributed by atoms with E-state index in [1.165, 1.54) is 62.0 Å². The molecule has 1 aromatic carbocycles. The number of benzene rings is 1. The van der Waals surface area contributed by atoms with Gasteiger partial charge in [-0.2, -0.15) is 9.04 Å². The lowest BCUT2D eigenvalue weighted by molar-refractivity contribution is -0.605. The van der Waals surface area contributed by atoms with Crippen LogP contribution < -0.4 is 4.73 Å². The molecule has 0 saturated carbocycles. The van der Waals surface area contributed by atoms with Crippen molar-refractivity contribution in [2.24, 2.45) is 0 Å². The molecule has 0 aliphatic carbocycles. The van der Waals surface area contributed by atoms with Crippen LogP contribution in [0.1, 0.15) is 23.2 Å². The summed E-state index contributed by atoms with van der Waals surface area (Å²) in [5.74, 6) is -0.925. The highest BCUT2D eigenvalue weighted by Gasteiger charge is 2.44. The zero-order chi connectivity index (χ0) is 33.3. The highest BCUT2D eigenvalue weighted by Crippen LogP contribution is 2.30. The summed E-state index contributed by atoms with van der Waals surface area (Å²) in [5.41, 5.74) is 1.22. The third kappa shape index (κ3) is 6.80. The zero-order valence-corrected chi connectivity index (χ0v) is 27.2. The molecule has 16 heteroatoms. The van der Waals surface area contributed by atoms with Gasteiger partial charge in [0, 0.05) is 100 Å². The van der Waals surface area contributed by atoms with E-state index in [9.17, 15) is 28.0 Å². The maximum absolute atomic E-state index is 14.2. The van der Waals surface area contributed by atoms with Crippen LogP contribution in [-0.4, -0.2) is 113 Å². The Morgan fingerprint density at radius 2 is 1.52 bits per heavy atom. The van der Waals surface area contributed by atoms with Gasteiger partial charge >= 0.3 is 0 Å². The predicted octanol–water partition coefficient (Wildman–Crippen LogP) is 1.75. The standard InChI is InChI=1S/C30H33ClN8O6S/c1-35(2)27(40)13-23-17-38(46(44,45)26-12-20-11-22(31)5-6-25(20)34-26)18-24(14-28(41)36(3)4)39(23)30(42)21-15-32-29(33-16-21)19-7-9-37(43)10-8-19/h5-12,15-16,23-24,34H,13-14,17-18H2,1-4H3. The number of carbonyl (C=O) groups excluding carboxylic acids is 3. The van der Waals surface area contributed by atoms with E-state index in [1.807, 2.05) is 0 Å². The molecule has 3 aromatic heterocycles. The lowest BCUT2D eigenvalue weighted by atomic mass is 10.00. The topological polar surface area (TPSA) is 167 Å². The Morgan fingerprint density at radius 1 is 0.957 bits per heavy atom. The number of halogens is 1. The number of pyridine rings is 1. The minimum absolute atomic E-state index is 0.0766. The Labute approximate surface area is 270 Å². The number of H-pyrrole nitrogens is 1. The van der Waals surface area contributed by atoms with Crippen molar-refractivity contribution in [1.29, 1.82) is 0 Å². The van der Waals surface area contributed by atoms with Crippen LogP contribution in [0.25, 0.3) is 22.3 Å². The van der Waals surface area contributed by atoms with Gasteiger partial charge in [-0.15, -0.1) is 0 Å². The molecule has 3 amide bonds. The van der Waals surface area contributed by atoms with Gasteiger partial charge in [0.15, 0.2) is 18.2 Å². The lowest BCUT2D eigenvalue weighted by Gasteiger charge is -2.46. The average Bonchev–Trinajstić information content (AvgIpc) is 3.45. The van der Waals surface area contributed by atoms with Crippen molar-refractivity contribution in [3.05, 3.63) is 77.0 Å². The van der Waals surface area contributed by atoms with Crippen LogP contribution in [-0.2, 0) is 19.6 Å². The molecule has 4 heterocycles. The number of carbonyl (C=O) groups is 3. The van der Waals surface area contributed by atoms with Gasteiger partial charge in [-0.25, -0.2) is 18.4 Å². The molecule has 2 unspecified atom stereocenters. The number of fused-ring (bicyclic) bond motifs is 1. The number of hydrogen-bond acceptors (Lipinski definition) is 8. The molecule has 2 atom stereocenters. The smallest absolute Gasteiger partial charge is 0.258 e. The van der Waals surface area contributed by atoms with E-state index in [0.29, 0.717) is 26.2 Å². The fourth-order valence-electron chi connectivity index (χ4n) is 5.29. The Balaban J connectivity index is 1.53. The van der Waals surface area contributed by atoms with Crippen molar-refractivity contribution in [1.82, 2.24) is 34.0 Å². The molecular weight excluding hydrogens is 636 g/mol. The van der Waals surface area contributed by atoms with Crippen LogP contribution in [0.2, 0.25) is 5.02 Å². The summed E-state index contributed by atoms with van der Waals surface area (Å²) >= 11 is 6.11. The van der Waals surface area contributed by atoms with Crippen LogP contribution in [0.3, 0.4) is 0 Å². The highest BCUT2D eigenvalue weighted by molar-refractivity contribution is 7.89. The van der Waals surface area contributed by atoms with Crippen molar-refractivity contribution in [2.75, 3.05) is 41.3 Å². The van der Waals surface area contributed by atoms with E-state index in [4.69, 9.17) is 11.6 Å². The second kappa shape index (κ2) is 13.0. The Morgan fingerprint density at radius 3 is 2.07 bits per heavy atom. The number of hydrogen-bond donors (Lipinski definition) is 1. The second-order valence-corrected chi connectivity index (χ2v) is 13.8. The van der Waals surface area contributed by atoms with E-state index in [1.54, 1.807) is 46.4 Å². The molecule has 242 valence electrons. The van der Waals surface area contributed by atoms with E-state index in [-0.39, 0.29) is 54.2 Å². The summed E-state index contributed by atoms with van der Waals surface area (Å²) in [4.78, 5) is 55.9. The summed E-state index contributed by atoms with van der Waals surface area (Å²) in [6, 6.07) is 7.67. The number of sulfonamides is 1. The van der Waals surface area contributed by atoms with Crippen LogP contribution in [0, 0.1) is 5.21 Å². The molecule has 1 N–H and O–H groups in total. The Bertz CT molecular complexity index is 1850. The van der Waals surface area contributed by atoms with E-state index in [2.05, 4.69) is 15.0 Å². The van der Waals surface area contributed by atoms with E-state index >= 15 is 0 Å². The first-order valence-electron chi connectivity index (χ1n) is 14.3. The van der Waals surface area contributed by atoms with Crippen LogP contribution >= 0.6 is 11.6 Å². The van der Waals surface area contributed by atoms with Gasteiger partial charge in [0.2, 0.25) is 11.8 Å². The quantitative estimate of drug-likeness (QED) is 0.219. The normalized spacial score (nSPS) is 17.2. The zero-order valence-electron chi connectivity index (χ0n) is 25.6. The van der Waals surface area contributed by atoms with E-state index < -0.39 is 28.0 Å². The summed E-state index contributed by atoms with van der Waals surface area (Å²) in [6.07, 6.45) is 4.87. The number of nitrogens with zero attached hydrogens (tertiary/aromatic N) is 7. The largest absolute Gasteiger partial charge is 0.619 e. The number of nitrogens with one attached hydrogen (secondary N) is 1. The SMILES string of the molecule is CN(C)C(=O)CC1CN(S(=O)(=O)c2cc3cc(Cl)ccc3[nH]2)CC(CC(=O)N(C)C)N1C(=O)c1cnc(-c2cc[n+]([O-])cc2)nc1. The van der Waals surface area contributed by atoms with Crippen molar-refractivity contribution < 1.29 is 27.5 Å². The first-order valence-corrected chi connectivity index (χ1v) is 16.1. The highest BCUT2D eigenvalue weighted by atomic mass is 35.5. The fourth-order valence-corrected chi connectivity index (χ4v) is 7.00. The molecule has 0 bridgehead atoms. The third-order valence-electron chi connectivity index (χ3n) is 7.80. The molecule has 1 saturated heterocycles. The summed E-state index contributed by atoms with van der Waals surface area (Å²) in [5, 5.41) is 12.4. The summed E-state index contributed by atoms with van der Waals surface area (Å²) in [6.45, 7) is -0.400. The molecule has 0 spiro atoms. The molecule has 14 nitrogen and oxygen atoms in total. The van der Waals surface area contributed by atoms with Crippen LogP contribution in [0.4, 0.5) is 0 Å². The number of aromatic nitrogens is 4. The molecule has 4 aromatic rings. The first kappa shape index (κ1) is 32.8. The third-order valence-corrected chi connectivity index (χ3v) is 9.79. The molecule has 1 fully saturated rings. The molecule has 0 radical (unpaired) electrons. The van der Waals surface area contributed by atoms with Crippen molar-refractivity contribution in [2.45, 2.75) is 30.0 Å². The molecule has 5 rings (SSSR count). The Hall–Kier alpha value is -4.60. The van der Waals surface area contributed by atoms with Gasteiger partial charge in [-0.05, 0) is 24.3 Å². The van der Waals surface area contributed by atoms with E-state index in [0.717, 1.165) is 0 Å². The maximum Gasteiger partial charge on any atom is 0.258 e. The lowest BCUT2D eigenvalue weighted by Crippen LogP contribution is -2.63. The maximum atomic E-state index is 14.2. The summed E-state index contributed by atoms with van der Waals surface area (Å²) in [7, 11) is 2.10. The Kier molecular flexibility index (Phi) is 9.28. The monoisotopic (exact) mass is 668 g/mol. The molecular formula is C30H33ClN8O6S. The molecule has 1 aliphatic heterocycles. The van der Waals surface area contributed by atoms with Gasteiger partial charge in [0.1, 0.15) is 5.03 Å². The fraction of sp³-hybridized carbons (Fsp3) is 0.333. The van der Waals surface area contributed by atoms with Gasteiger partial charge < -0.3 is 24.9 Å². The van der Waals surface area contributed by atoms with Crippen molar-refractivity contribution >= 4 is 50.2 Å². The number of aromatic amines is 1. The van der Waals surface area contributed by atoms with Gasteiger partial charge in [-0.1, -0.05) is 11.6 Å². The second-order valence-electron chi connectivity index (χ2n) is 11.4. The molecule has 46 heavy (non-hydrogen) atoms. The van der Waals surface area contributed by atoms with Gasteiger partial charge in [0.05, 0.1) is 17.6 Å². The minimum atomic E-state index is -4.17. The number of piperazine rings is 1. The van der Waals surface area contributed by atoms with Gasteiger partial charge in [0.25, 0.3) is 15.9 Å².